The van der Waals surface area contributed by atoms with Gasteiger partial charge in [0.2, 0.25) is 0 Å². The van der Waals surface area contributed by atoms with Gasteiger partial charge in [-0.1, -0.05) is 331 Å². The van der Waals surface area contributed by atoms with Crippen LogP contribution in [-0.4, -0.2) is 96.7 Å². The van der Waals surface area contributed by atoms with Crippen LogP contribution in [0.3, 0.4) is 0 Å². The fourth-order valence-corrected chi connectivity index (χ4v) is 13.0. The van der Waals surface area contributed by atoms with Crippen LogP contribution in [0.4, 0.5) is 0 Å². The summed E-state index contributed by atoms with van der Waals surface area (Å²) in [5.74, 6) is 0.193. The van der Waals surface area contributed by atoms with E-state index in [9.17, 15) is 43.2 Å². The fourth-order valence-electron chi connectivity index (χ4n) is 11.4. The van der Waals surface area contributed by atoms with E-state index in [-0.39, 0.29) is 25.7 Å². The molecule has 2 unspecified atom stereocenters. The van der Waals surface area contributed by atoms with E-state index in [0.29, 0.717) is 25.7 Å². The maximum absolute atomic E-state index is 13.1. The van der Waals surface area contributed by atoms with Crippen molar-refractivity contribution in [1.29, 1.82) is 0 Å². The third-order valence-electron chi connectivity index (χ3n) is 17.4. The van der Waals surface area contributed by atoms with Crippen LogP contribution in [0.15, 0.2) is 0 Å². The molecule has 0 aromatic rings. The zero-order chi connectivity index (χ0) is 69.4. The molecule has 0 spiro atoms. The highest BCUT2D eigenvalue weighted by molar-refractivity contribution is 7.47. The number of phosphoric ester groups is 2. The summed E-state index contributed by atoms with van der Waals surface area (Å²) in [7, 11) is -9.91. The molecule has 5 atom stereocenters. The number of rotatable bonds is 73. The second-order valence-corrected chi connectivity index (χ2v) is 31.4. The molecule has 0 rings (SSSR count). The normalized spacial score (nSPS) is 14.1. The first kappa shape index (κ1) is 92.1. The highest BCUT2D eigenvalue weighted by Crippen LogP contribution is 2.45. The molecule has 558 valence electrons. The molecule has 94 heavy (non-hydrogen) atoms. The molecule has 0 heterocycles. The monoisotopic (exact) mass is 1380 g/mol. The number of ether oxygens (including phenoxy) is 4. The predicted octanol–water partition coefficient (Wildman–Crippen LogP) is 21.8. The number of hydrogen-bond donors (Lipinski definition) is 3. The molecule has 0 aliphatic heterocycles. The van der Waals surface area contributed by atoms with E-state index in [2.05, 4.69) is 48.5 Å². The summed E-state index contributed by atoms with van der Waals surface area (Å²) in [6, 6.07) is 0. The molecule has 0 aliphatic carbocycles. The van der Waals surface area contributed by atoms with Gasteiger partial charge in [0.05, 0.1) is 26.4 Å². The van der Waals surface area contributed by atoms with E-state index in [1.165, 1.54) is 186 Å². The van der Waals surface area contributed by atoms with E-state index in [1.807, 2.05) is 0 Å². The molecule has 0 fully saturated rings. The number of aliphatic hydroxyl groups is 1. The molecule has 19 heteroatoms. The molecule has 0 aromatic heterocycles. The Kier molecular flexibility index (Phi) is 64.3. The Balaban J connectivity index is 5.18. The lowest BCUT2D eigenvalue weighted by Crippen LogP contribution is -2.30. The quantitative estimate of drug-likeness (QED) is 0.0222. The molecule has 0 aromatic carbocycles. The number of carbonyl (C=O) groups excluding carboxylic acids is 4. The van der Waals surface area contributed by atoms with Gasteiger partial charge in [0.15, 0.2) is 12.2 Å². The Morgan fingerprint density at radius 1 is 0.287 bits per heavy atom. The van der Waals surface area contributed by atoms with Crippen LogP contribution < -0.4 is 0 Å². The lowest BCUT2D eigenvalue weighted by Gasteiger charge is -2.21. The molecule has 17 nitrogen and oxygen atoms in total. The average Bonchev–Trinajstić information content (AvgIpc) is 1.08. The second kappa shape index (κ2) is 65.7. The van der Waals surface area contributed by atoms with Crippen molar-refractivity contribution in [3.63, 3.8) is 0 Å². The molecular weight excluding hydrogens is 1230 g/mol. The van der Waals surface area contributed by atoms with Gasteiger partial charge in [-0.15, -0.1) is 0 Å². The second-order valence-electron chi connectivity index (χ2n) is 28.5. The van der Waals surface area contributed by atoms with Crippen molar-refractivity contribution in [2.24, 2.45) is 17.8 Å². The van der Waals surface area contributed by atoms with Crippen molar-refractivity contribution in [3.05, 3.63) is 0 Å². The summed E-state index contributed by atoms with van der Waals surface area (Å²) < 4.78 is 68.4. The van der Waals surface area contributed by atoms with Crippen LogP contribution in [0.5, 0.6) is 0 Å². The van der Waals surface area contributed by atoms with E-state index in [4.69, 9.17) is 37.0 Å². The smallest absolute Gasteiger partial charge is 0.462 e. The maximum Gasteiger partial charge on any atom is 0.472 e. The molecule has 0 aliphatic rings. The molecule has 0 amide bonds. The van der Waals surface area contributed by atoms with Crippen LogP contribution in [-0.2, 0) is 65.4 Å². The molecule has 3 N–H and O–H groups in total. The number of hydrogen-bond acceptors (Lipinski definition) is 15. The van der Waals surface area contributed by atoms with E-state index >= 15 is 0 Å². The van der Waals surface area contributed by atoms with Gasteiger partial charge in [0.1, 0.15) is 19.3 Å². The van der Waals surface area contributed by atoms with Crippen molar-refractivity contribution in [2.75, 3.05) is 39.6 Å². The van der Waals surface area contributed by atoms with Crippen LogP contribution >= 0.6 is 15.6 Å². The van der Waals surface area contributed by atoms with Gasteiger partial charge >= 0.3 is 39.5 Å². The lowest BCUT2D eigenvalue weighted by molar-refractivity contribution is -0.161. The Bertz CT molecular complexity index is 1840. The Morgan fingerprint density at radius 2 is 0.489 bits per heavy atom. The number of aliphatic hydroxyl groups excluding tert-OH is 1. The zero-order valence-corrected chi connectivity index (χ0v) is 63.2. The minimum Gasteiger partial charge on any atom is -0.462 e. The minimum absolute atomic E-state index is 0.105. The van der Waals surface area contributed by atoms with E-state index in [1.54, 1.807) is 0 Å². The number of carbonyl (C=O) groups is 4. The first-order valence-electron chi connectivity index (χ1n) is 38.8. The number of phosphoric acid groups is 2. The van der Waals surface area contributed by atoms with Gasteiger partial charge in [-0.25, -0.2) is 9.13 Å². The van der Waals surface area contributed by atoms with Gasteiger partial charge in [0.25, 0.3) is 0 Å². The first-order chi connectivity index (χ1) is 45.2. The molecular formula is C75H146O17P2. The lowest BCUT2D eigenvalue weighted by atomic mass is 10.0. The molecule has 0 saturated carbocycles. The van der Waals surface area contributed by atoms with Crippen LogP contribution in [0.2, 0.25) is 0 Å². The van der Waals surface area contributed by atoms with Gasteiger partial charge in [0, 0.05) is 25.7 Å². The largest absolute Gasteiger partial charge is 0.472 e. The zero-order valence-electron chi connectivity index (χ0n) is 61.4. The van der Waals surface area contributed by atoms with Gasteiger partial charge in [-0.3, -0.25) is 37.3 Å². The molecule has 0 radical (unpaired) electrons. The van der Waals surface area contributed by atoms with Crippen LogP contribution in [0.25, 0.3) is 0 Å². The summed E-state index contributed by atoms with van der Waals surface area (Å²) in [6.45, 7) is 11.9. The van der Waals surface area contributed by atoms with Crippen molar-refractivity contribution in [3.8, 4) is 0 Å². The topological polar surface area (TPSA) is 237 Å². The minimum atomic E-state index is -4.96. The molecule has 0 bridgehead atoms. The molecule has 0 saturated heterocycles. The standard InChI is InChI=1S/C75H146O17P2/c1-8-9-10-11-12-35-42-49-56-72(77)85-62-70(92-75(80)59-52-45-38-31-25-28-34-41-48-55-68(6)7)64-89-93(81,82)87-60-69(76)61-88-94(83,84)90-65-71(63-86-73(78)57-50-43-36-29-24-23-27-33-40-47-54-67(4)5)91-74(79)58-51-44-37-30-22-20-18-16-14-13-15-17-19-21-26-32-39-46-53-66(2)3/h66-71,76H,8-65H2,1-7H3,(H,81,82)(H,83,84)/t69-,70+,71+/m0/s1. The van der Waals surface area contributed by atoms with Crippen molar-refractivity contribution >= 4 is 39.5 Å². The highest BCUT2D eigenvalue weighted by atomic mass is 31.2. The Morgan fingerprint density at radius 3 is 0.723 bits per heavy atom. The fraction of sp³-hybridized carbons (Fsp3) is 0.947. The van der Waals surface area contributed by atoms with Crippen molar-refractivity contribution in [2.45, 2.75) is 401 Å². The van der Waals surface area contributed by atoms with E-state index in [0.717, 1.165) is 114 Å². The van der Waals surface area contributed by atoms with Crippen molar-refractivity contribution in [1.82, 2.24) is 0 Å². The van der Waals surface area contributed by atoms with Crippen molar-refractivity contribution < 1.29 is 80.2 Å². The number of esters is 4. The van der Waals surface area contributed by atoms with Gasteiger partial charge < -0.3 is 33.8 Å². The Hall–Kier alpha value is -1.94. The first-order valence-corrected chi connectivity index (χ1v) is 41.8. The Labute approximate surface area is 575 Å². The summed E-state index contributed by atoms with van der Waals surface area (Å²) in [4.78, 5) is 72.6. The van der Waals surface area contributed by atoms with E-state index < -0.39 is 97.5 Å². The van der Waals surface area contributed by atoms with Gasteiger partial charge in [-0.05, 0) is 43.4 Å². The SMILES string of the molecule is CCCCCCCCCCC(=O)OC[C@H](COP(=O)(O)OC[C@H](O)COP(=O)(O)OC[C@@H](COC(=O)CCCCCCCCCCCCC(C)C)OC(=O)CCCCCCCCCCCCCCCCCCCCC(C)C)OC(=O)CCCCCCCCCCCC(C)C. The highest BCUT2D eigenvalue weighted by Gasteiger charge is 2.30. The summed E-state index contributed by atoms with van der Waals surface area (Å²) >= 11 is 0. The third-order valence-corrected chi connectivity index (χ3v) is 19.3. The van der Waals surface area contributed by atoms with Crippen LogP contribution in [0.1, 0.15) is 382 Å². The van der Waals surface area contributed by atoms with Gasteiger partial charge in [-0.2, -0.15) is 0 Å². The number of unbranched alkanes of at least 4 members (excludes halogenated alkanes) is 41. The van der Waals surface area contributed by atoms with Crippen LogP contribution in [0, 0.1) is 17.8 Å². The summed E-state index contributed by atoms with van der Waals surface area (Å²) in [6.07, 6.45) is 51.5. The third kappa shape index (κ3) is 68.6. The summed E-state index contributed by atoms with van der Waals surface area (Å²) in [5.41, 5.74) is 0. The predicted molar refractivity (Wildman–Crippen MR) is 381 cm³/mol. The average molecular weight is 1380 g/mol. The maximum atomic E-state index is 13.1. The summed E-state index contributed by atoms with van der Waals surface area (Å²) in [5, 5.41) is 10.6.